The molecule has 0 aliphatic carbocycles. The Kier molecular flexibility index (Phi) is 8.92. The lowest BCUT2D eigenvalue weighted by Gasteiger charge is -2.22. The first kappa shape index (κ1) is 28.7. The van der Waals surface area contributed by atoms with Crippen molar-refractivity contribution in [3.8, 4) is 11.5 Å². The number of ketones is 1. The van der Waals surface area contributed by atoms with Crippen molar-refractivity contribution in [1.82, 2.24) is 10.2 Å². The number of aliphatic hydroxyl groups is 1. The summed E-state index contributed by atoms with van der Waals surface area (Å²) in [4.78, 5) is 28.2. The molecule has 1 atom stereocenters. The summed E-state index contributed by atoms with van der Waals surface area (Å²) < 4.78 is 11.5. The summed E-state index contributed by atoms with van der Waals surface area (Å²) in [5.41, 5.74) is 1.90. The average Bonchev–Trinajstić information content (AvgIpc) is 3.57. The van der Waals surface area contributed by atoms with Gasteiger partial charge in [0, 0.05) is 16.3 Å². The number of methoxy groups -OCH3 is 1. The van der Waals surface area contributed by atoms with Gasteiger partial charge < -0.3 is 14.6 Å². The van der Waals surface area contributed by atoms with Crippen molar-refractivity contribution in [3.05, 3.63) is 100 Å². The molecule has 1 aliphatic rings. The molecular weight excluding hydrogens is 582 g/mol. The minimum Gasteiger partial charge on any atom is -0.507 e. The Balaban J connectivity index is 1.53. The van der Waals surface area contributed by atoms with Gasteiger partial charge in [0.05, 0.1) is 25.3 Å². The van der Waals surface area contributed by atoms with Crippen molar-refractivity contribution in [2.45, 2.75) is 29.5 Å². The smallest absolute Gasteiger partial charge is 0.301 e. The number of benzene rings is 3. The van der Waals surface area contributed by atoms with E-state index in [0.717, 1.165) is 12.0 Å². The van der Waals surface area contributed by atoms with Crippen molar-refractivity contribution in [2.75, 3.05) is 18.6 Å². The van der Waals surface area contributed by atoms with Gasteiger partial charge in [-0.1, -0.05) is 72.0 Å². The molecule has 1 aliphatic heterocycles. The van der Waals surface area contributed by atoms with Crippen LogP contribution in [0.25, 0.3) is 5.76 Å². The molecule has 0 saturated carbocycles. The van der Waals surface area contributed by atoms with Crippen LogP contribution >= 0.6 is 34.7 Å². The molecule has 1 unspecified atom stereocenters. The molecule has 2 heterocycles. The van der Waals surface area contributed by atoms with E-state index < -0.39 is 17.7 Å². The number of amides is 1. The van der Waals surface area contributed by atoms with Gasteiger partial charge in [-0.05, 0) is 60.0 Å². The van der Waals surface area contributed by atoms with Crippen molar-refractivity contribution in [3.63, 3.8) is 0 Å². The predicted molar refractivity (Wildman–Crippen MR) is 161 cm³/mol. The summed E-state index contributed by atoms with van der Waals surface area (Å²) >= 11 is 8.92. The second-order valence-electron chi connectivity index (χ2n) is 9.05. The normalized spacial score (nSPS) is 16.3. The molecule has 3 aromatic carbocycles. The third-order valence-electron chi connectivity index (χ3n) is 6.39. The first-order valence-electron chi connectivity index (χ1n) is 12.8. The average molecular weight is 608 g/mol. The molecule has 1 amide bonds. The van der Waals surface area contributed by atoms with E-state index in [0.29, 0.717) is 44.3 Å². The lowest BCUT2D eigenvalue weighted by Crippen LogP contribution is -2.29. The van der Waals surface area contributed by atoms with Crippen LogP contribution in [0, 0.1) is 0 Å². The molecule has 4 aromatic rings. The maximum atomic E-state index is 13.5. The van der Waals surface area contributed by atoms with Gasteiger partial charge in [-0.2, -0.15) is 0 Å². The van der Waals surface area contributed by atoms with Gasteiger partial charge >= 0.3 is 5.91 Å². The van der Waals surface area contributed by atoms with E-state index in [1.54, 1.807) is 48.5 Å². The van der Waals surface area contributed by atoms with Gasteiger partial charge in [0.15, 0.2) is 4.34 Å². The van der Waals surface area contributed by atoms with Crippen LogP contribution in [0.5, 0.6) is 11.5 Å². The highest BCUT2D eigenvalue weighted by Crippen LogP contribution is 2.44. The number of halogens is 1. The van der Waals surface area contributed by atoms with Gasteiger partial charge in [-0.3, -0.25) is 14.5 Å². The van der Waals surface area contributed by atoms with E-state index in [-0.39, 0.29) is 16.5 Å². The van der Waals surface area contributed by atoms with Gasteiger partial charge in [-0.15, -0.1) is 10.2 Å². The Bertz CT molecular complexity index is 1590. The number of hydrogen-bond donors (Lipinski definition) is 1. The number of rotatable bonds is 10. The van der Waals surface area contributed by atoms with E-state index in [4.69, 9.17) is 21.1 Å². The third kappa shape index (κ3) is 6.09. The number of aliphatic hydroxyl groups excluding tert-OH is 1. The van der Waals surface area contributed by atoms with E-state index in [1.807, 2.05) is 31.2 Å². The van der Waals surface area contributed by atoms with Gasteiger partial charge in [0.1, 0.15) is 17.3 Å². The fourth-order valence-corrected chi connectivity index (χ4v) is 6.48. The highest BCUT2D eigenvalue weighted by atomic mass is 35.5. The van der Waals surface area contributed by atoms with Crippen LogP contribution in [0.4, 0.5) is 5.13 Å². The van der Waals surface area contributed by atoms with Gasteiger partial charge in [0.2, 0.25) is 5.13 Å². The molecule has 1 aromatic heterocycles. The van der Waals surface area contributed by atoms with Crippen LogP contribution in [0.1, 0.15) is 36.1 Å². The number of carbonyl (C=O) groups excluding carboxylic acids is 2. The van der Waals surface area contributed by atoms with Crippen LogP contribution in [0.2, 0.25) is 5.02 Å². The van der Waals surface area contributed by atoms with Crippen LogP contribution in [0.15, 0.2) is 82.7 Å². The molecule has 1 N–H and O–H groups in total. The third-order valence-corrected chi connectivity index (χ3v) is 8.86. The van der Waals surface area contributed by atoms with E-state index >= 15 is 0 Å². The maximum absolute atomic E-state index is 13.5. The number of aromatic nitrogens is 2. The van der Waals surface area contributed by atoms with E-state index in [2.05, 4.69) is 10.2 Å². The molecule has 41 heavy (non-hydrogen) atoms. The van der Waals surface area contributed by atoms with Crippen molar-refractivity contribution in [1.29, 1.82) is 0 Å². The molecule has 1 saturated heterocycles. The second-order valence-corrected chi connectivity index (χ2v) is 11.6. The van der Waals surface area contributed by atoms with Gasteiger partial charge in [-0.25, -0.2) is 0 Å². The highest BCUT2D eigenvalue weighted by Gasteiger charge is 2.48. The Morgan fingerprint density at radius 1 is 1.02 bits per heavy atom. The molecule has 1 fully saturated rings. The number of Topliss-reactive ketones (excluding diaryl/α,β-unsaturated/α-hetero) is 1. The lowest BCUT2D eigenvalue weighted by molar-refractivity contribution is -0.132. The number of nitrogens with zero attached hydrogens (tertiary/aromatic N) is 3. The lowest BCUT2D eigenvalue weighted by atomic mass is 9.95. The molecule has 0 spiro atoms. The largest absolute Gasteiger partial charge is 0.507 e. The van der Waals surface area contributed by atoms with E-state index in [1.165, 1.54) is 35.1 Å². The summed E-state index contributed by atoms with van der Waals surface area (Å²) in [7, 11) is 1.54. The Morgan fingerprint density at radius 3 is 2.41 bits per heavy atom. The van der Waals surface area contributed by atoms with Crippen molar-refractivity contribution in [2.24, 2.45) is 0 Å². The minimum absolute atomic E-state index is 0.0390. The summed E-state index contributed by atoms with van der Waals surface area (Å²) in [6.45, 7) is 2.58. The number of thioether (sulfide) groups is 1. The fourth-order valence-electron chi connectivity index (χ4n) is 4.33. The monoisotopic (exact) mass is 607 g/mol. The standard InChI is InChI=1S/C30H26ClN3O5S2/c1-3-16-39-22-14-8-18(9-15-22)25-24(26(35)19-10-12-21(38-2)13-11-19)27(36)28(37)34(25)29-32-33-30(41-29)40-17-20-6-4-5-7-23(20)31/h4-15,25,35H,3,16-17H2,1-2H3/b26-24-. The summed E-state index contributed by atoms with van der Waals surface area (Å²) in [6.07, 6.45) is 0.859. The molecular formula is C30H26ClN3O5S2. The molecule has 5 rings (SSSR count). The number of anilines is 1. The Hall–Kier alpha value is -3.86. The van der Waals surface area contributed by atoms with Crippen LogP contribution in [0.3, 0.4) is 0 Å². The molecule has 0 radical (unpaired) electrons. The predicted octanol–water partition coefficient (Wildman–Crippen LogP) is 6.91. The van der Waals surface area contributed by atoms with Crippen LogP contribution < -0.4 is 14.4 Å². The van der Waals surface area contributed by atoms with Crippen LogP contribution in [-0.2, 0) is 15.3 Å². The first-order chi connectivity index (χ1) is 19.9. The maximum Gasteiger partial charge on any atom is 0.301 e. The highest BCUT2D eigenvalue weighted by molar-refractivity contribution is 8.00. The molecule has 8 nitrogen and oxygen atoms in total. The van der Waals surface area contributed by atoms with Crippen molar-refractivity contribution >= 4 is 57.3 Å². The van der Waals surface area contributed by atoms with Crippen molar-refractivity contribution < 1.29 is 24.2 Å². The minimum atomic E-state index is -0.924. The summed E-state index contributed by atoms with van der Waals surface area (Å²) in [5.74, 6) is -0.0746. The number of hydrogen-bond acceptors (Lipinski definition) is 9. The summed E-state index contributed by atoms with van der Waals surface area (Å²) in [5, 5.41) is 20.8. The number of carbonyl (C=O) groups is 2. The van der Waals surface area contributed by atoms with E-state index in [9.17, 15) is 14.7 Å². The molecule has 210 valence electrons. The molecule has 0 bridgehead atoms. The Labute approximate surface area is 250 Å². The van der Waals surface area contributed by atoms with Gasteiger partial charge in [0.25, 0.3) is 5.78 Å². The van der Waals surface area contributed by atoms with Crippen LogP contribution in [-0.4, -0.2) is 40.7 Å². The Morgan fingerprint density at radius 2 is 1.73 bits per heavy atom. The topological polar surface area (TPSA) is 102 Å². The quantitative estimate of drug-likeness (QED) is 0.0682. The zero-order chi connectivity index (χ0) is 28.9. The number of ether oxygens (including phenoxy) is 2. The fraction of sp³-hybridized carbons (Fsp3) is 0.200. The second kappa shape index (κ2) is 12.8. The molecule has 11 heteroatoms. The SMILES string of the molecule is CCCOc1ccc(C2/C(=C(/O)c3ccc(OC)cc3)C(=O)C(=O)N2c2nnc(SCc3ccccc3Cl)s2)cc1. The zero-order valence-corrected chi connectivity index (χ0v) is 24.6. The first-order valence-corrected chi connectivity index (χ1v) is 15.0. The zero-order valence-electron chi connectivity index (χ0n) is 22.2. The summed E-state index contributed by atoms with van der Waals surface area (Å²) in [6, 6.07) is 20.3.